The van der Waals surface area contributed by atoms with E-state index in [0.717, 1.165) is 37.4 Å². The molecule has 1 heterocycles. The van der Waals surface area contributed by atoms with E-state index in [2.05, 4.69) is 15.5 Å². The highest BCUT2D eigenvalue weighted by Crippen LogP contribution is 2.39. The van der Waals surface area contributed by atoms with Crippen molar-refractivity contribution in [3.8, 4) is 11.5 Å². The van der Waals surface area contributed by atoms with Gasteiger partial charge in [-0.15, -0.1) is 0 Å². The number of thiocarbonyl (C=S) groups is 1. The highest BCUT2D eigenvalue weighted by atomic mass is 32.1. The molecule has 0 spiro atoms. The molecule has 0 unspecified atom stereocenters. The van der Waals surface area contributed by atoms with Gasteiger partial charge in [0, 0.05) is 31.1 Å². The highest BCUT2D eigenvalue weighted by molar-refractivity contribution is 7.80. The standard InChI is InChI=1S/C19H27N3O4S/c1-3-25-16-12-15(22-7-9-24-10-8-22)17(26-4-2)11-14(16)20-19(27)21-18(23)13-5-6-13/h11-13H,3-10H2,1-2H3,(H2,20,21,23,27). The second-order valence-corrected chi connectivity index (χ2v) is 6.91. The minimum Gasteiger partial charge on any atom is -0.492 e. The number of carbonyl (C=O) groups is 1. The fraction of sp³-hybridized carbons (Fsp3) is 0.579. The van der Waals surface area contributed by atoms with Crippen molar-refractivity contribution in [2.75, 3.05) is 49.7 Å². The Morgan fingerprint density at radius 1 is 1.19 bits per heavy atom. The van der Waals surface area contributed by atoms with Gasteiger partial charge in [0.2, 0.25) is 5.91 Å². The number of morpholine rings is 1. The SMILES string of the molecule is CCOc1cc(N2CCOCC2)c(OCC)cc1NC(=S)NC(=O)C1CC1. The summed E-state index contributed by atoms with van der Waals surface area (Å²) in [5.41, 5.74) is 1.65. The molecule has 1 aromatic rings. The minimum absolute atomic E-state index is 0.0274. The summed E-state index contributed by atoms with van der Waals surface area (Å²) in [6, 6.07) is 3.85. The summed E-state index contributed by atoms with van der Waals surface area (Å²) in [6.07, 6.45) is 1.86. The van der Waals surface area contributed by atoms with Gasteiger partial charge in [-0.05, 0) is 38.9 Å². The maximum absolute atomic E-state index is 11.9. The number of amides is 1. The molecule has 8 heteroatoms. The van der Waals surface area contributed by atoms with Crippen molar-refractivity contribution in [3.63, 3.8) is 0 Å². The number of benzene rings is 1. The first-order chi connectivity index (χ1) is 13.1. The van der Waals surface area contributed by atoms with Gasteiger partial charge >= 0.3 is 0 Å². The molecule has 0 radical (unpaired) electrons. The molecule has 3 rings (SSSR count). The van der Waals surface area contributed by atoms with Gasteiger partial charge in [-0.25, -0.2) is 0 Å². The third-order valence-corrected chi connectivity index (χ3v) is 4.65. The topological polar surface area (TPSA) is 72.1 Å². The zero-order valence-corrected chi connectivity index (χ0v) is 16.7. The van der Waals surface area contributed by atoms with Gasteiger partial charge < -0.3 is 29.7 Å². The van der Waals surface area contributed by atoms with Crippen LogP contribution in [0.5, 0.6) is 11.5 Å². The zero-order valence-electron chi connectivity index (χ0n) is 15.9. The molecule has 2 fully saturated rings. The van der Waals surface area contributed by atoms with Crippen molar-refractivity contribution >= 4 is 34.6 Å². The molecule has 1 amide bonds. The van der Waals surface area contributed by atoms with Crippen LogP contribution in [0.25, 0.3) is 0 Å². The number of carbonyl (C=O) groups excluding carboxylic acids is 1. The summed E-state index contributed by atoms with van der Waals surface area (Å²) in [5.74, 6) is 1.49. The first-order valence-electron chi connectivity index (χ1n) is 9.50. The third kappa shape index (κ3) is 5.23. The summed E-state index contributed by atoms with van der Waals surface area (Å²) in [5, 5.41) is 6.11. The fourth-order valence-corrected chi connectivity index (χ4v) is 3.17. The van der Waals surface area contributed by atoms with Crippen molar-refractivity contribution in [1.82, 2.24) is 5.32 Å². The minimum atomic E-state index is -0.0274. The van der Waals surface area contributed by atoms with Gasteiger partial charge in [-0.2, -0.15) is 0 Å². The van der Waals surface area contributed by atoms with Crippen LogP contribution in [-0.4, -0.2) is 50.5 Å². The van der Waals surface area contributed by atoms with Crippen molar-refractivity contribution in [2.24, 2.45) is 5.92 Å². The van der Waals surface area contributed by atoms with Crippen LogP contribution < -0.4 is 25.0 Å². The molecule has 1 aliphatic heterocycles. The van der Waals surface area contributed by atoms with Gasteiger partial charge in [0.05, 0.1) is 37.8 Å². The van der Waals surface area contributed by atoms with Gasteiger partial charge in [-0.1, -0.05) is 0 Å². The van der Waals surface area contributed by atoms with Crippen molar-refractivity contribution in [3.05, 3.63) is 12.1 Å². The predicted octanol–water partition coefficient (Wildman–Crippen LogP) is 2.54. The Kier molecular flexibility index (Phi) is 6.73. The zero-order chi connectivity index (χ0) is 19.2. The summed E-state index contributed by atoms with van der Waals surface area (Å²) in [6.45, 7) is 7.93. The Morgan fingerprint density at radius 3 is 2.48 bits per heavy atom. The number of hydrogen-bond donors (Lipinski definition) is 2. The number of ether oxygens (including phenoxy) is 3. The van der Waals surface area contributed by atoms with Crippen molar-refractivity contribution in [1.29, 1.82) is 0 Å². The summed E-state index contributed by atoms with van der Waals surface area (Å²) < 4.78 is 17.1. The second-order valence-electron chi connectivity index (χ2n) is 6.50. The molecule has 1 saturated carbocycles. The third-order valence-electron chi connectivity index (χ3n) is 4.45. The monoisotopic (exact) mass is 393 g/mol. The van der Waals surface area contributed by atoms with E-state index < -0.39 is 0 Å². The smallest absolute Gasteiger partial charge is 0.229 e. The van der Waals surface area contributed by atoms with Crippen LogP contribution in [0.1, 0.15) is 26.7 Å². The number of hydrogen-bond acceptors (Lipinski definition) is 6. The molecule has 1 saturated heterocycles. The molecule has 7 nitrogen and oxygen atoms in total. The number of rotatable bonds is 7. The summed E-state index contributed by atoms with van der Waals surface area (Å²) >= 11 is 5.30. The van der Waals surface area contributed by atoms with Gasteiger partial charge in [0.25, 0.3) is 0 Å². The van der Waals surface area contributed by atoms with Crippen LogP contribution >= 0.6 is 12.2 Å². The van der Waals surface area contributed by atoms with Gasteiger partial charge in [0.15, 0.2) is 5.11 Å². The van der Waals surface area contributed by atoms with E-state index in [0.29, 0.717) is 37.9 Å². The van der Waals surface area contributed by atoms with Crippen LogP contribution in [-0.2, 0) is 9.53 Å². The molecule has 0 bridgehead atoms. The molecule has 1 aromatic carbocycles. The van der Waals surface area contributed by atoms with E-state index in [4.69, 9.17) is 26.4 Å². The Hall–Kier alpha value is -2.06. The van der Waals surface area contributed by atoms with E-state index in [-0.39, 0.29) is 16.9 Å². The van der Waals surface area contributed by atoms with Gasteiger partial charge in [0.1, 0.15) is 11.5 Å². The molecule has 148 valence electrons. The Balaban J connectivity index is 1.83. The lowest BCUT2D eigenvalue weighted by atomic mass is 10.2. The molecule has 0 aromatic heterocycles. The van der Waals surface area contributed by atoms with E-state index in [1.807, 2.05) is 26.0 Å². The van der Waals surface area contributed by atoms with Crippen LogP contribution in [0.2, 0.25) is 0 Å². The molecule has 2 N–H and O–H groups in total. The van der Waals surface area contributed by atoms with Crippen molar-refractivity contribution < 1.29 is 19.0 Å². The average molecular weight is 394 g/mol. The Labute approximate surface area is 165 Å². The van der Waals surface area contributed by atoms with Crippen molar-refractivity contribution in [2.45, 2.75) is 26.7 Å². The molecular formula is C19H27N3O4S. The van der Waals surface area contributed by atoms with Crippen LogP contribution in [0, 0.1) is 5.92 Å². The molecule has 2 aliphatic rings. The predicted molar refractivity (Wildman–Crippen MR) is 109 cm³/mol. The highest BCUT2D eigenvalue weighted by Gasteiger charge is 2.30. The number of anilines is 2. The van der Waals surface area contributed by atoms with Gasteiger partial charge in [-0.3, -0.25) is 4.79 Å². The number of nitrogens with one attached hydrogen (secondary N) is 2. The largest absolute Gasteiger partial charge is 0.492 e. The van der Waals surface area contributed by atoms with E-state index in [1.165, 1.54) is 0 Å². The first kappa shape index (κ1) is 19.7. The normalized spacial score (nSPS) is 16.6. The maximum atomic E-state index is 11.9. The van der Waals surface area contributed by atoms with Crippen LogP contribution in [0.15, 0.2) is 12.1 Å². The molecule has 1 aliphatic carbocycles. The summed E-state index contributed by atoms with van der Waals surface area (Å²) in [4.78, 5) is 14.2. The van der Waals surface area contributed by atoms with E-state index in [9.17, 15) is 4.79 Å². The Morgan fingerprint density at radius 2 is 1.85 bits per heavy atom. The number of nitrogens with zero attached hydrogens (tertiary/aromatic N) is 1. The maximum Gasteiger partial charge on any atom is 0.229 e. The first-order valence-corrected chi connectivity index (χ1v) is 9.91. The van der Waals surface area contributed by atoms with E-state index in [1.54, 1.807) is 0 Å². The van der Waals surface area contributed by atoms with Crippen LogP contribution in [0.4, 0.5) is 11.4 Å². The molecular weight excluding hydrogens is 366 g/mol. The molecule has 0 atom stereocenters. The Bertz CT molecular complexity index is 688. The van der Waals surface area contributed by atoms with E-state index >= 15 is 0 Å². The second kappa shape index (κ2) is 9.23. The van der Waals surface area contributed by atoms with Crippen LogP contribution in [0.3, 0.4) is 0 Å². The average Bonchev–Trinajstić information content (AvgIpc) is 3.50. The fourth-order valence-electron chi connectivity index (χ4n) is 2.96. The lowest BCUT2D eigenvalue weighted by Crippen LogP contribution is -2.37. The quantitative estimate of drug-likeness (QED) is 0.690. The molecule has 27 heavy (non-hydrogen) atoms. The lowest BCUT2D eigenvalue weighted by Gasteiger charge is -2.31. The summed E-state index contributed by atoms with van der Waals surface area (Å²) in [7, 11) is 0. The lowest BCUT2D eigenvalue weighted by molar-refractivity contribution is -0.120.